The number of rotatable bonds is 1. The first kappa shape index (κ1) is 11.7. The van der Waals surface area contributed by atoms with E-state index >= 15 is 0 Å². The Morgan fingerprint density at radius 3 is 2.72 bits per heavy atom. The van der Waals surface area contributed by atoms with Gasteiger partial charge in [0.15, 0.2) is 0 Å². The van der Waals surface area contributed by atoms with Crippen molar-refractivity contribution in [2.24, 2.45) is 5.41 Å². The minimum Gasteiger partial charge on any atom is -0.390 e. The fourth-order valence-electron chi connectivity index (χ4n) is 3.20. The first-order chi connectivity index (χ1) is 8.50. The molecule has 0 amide bonds. The van der Waals surface area contributed by atoms with Crippen molar-refractivity contribution in [3.63, 3.8) is 0 Å². The van der Waals surface area contributed by atoms with Crippen molar-refractivity contribution in [1.29, 1.82) is 0 Å². The molecule has 1 aliphatic rings. The SMILES string of the molecule is Cc1nc2ccccc2n1C1CCC(C)(C)C1O. The van der Waals surface area contributed by atoms with Crippen LogP contribution < -0.4 is 0 Å². The van der Waals surface area contributed by atoms with Gasteiger partial charge >= 0.3 is 0 Å². The molecule has 0 spiro atoms. The first-order valence-corrected chi connectivity index (χ1v) is 6.62. The standard InChI is InChI=1S/C15H20N2O/c1-10-16-11-6-4-5-7-12(11)17(10)13-8-9-15(2,3)14(13)18/h4-7,13-14,18H,8-9H2,1-3H3. The highest BCUT2D eigenvalue weighted by Crippen LogP contribution is 2.45. The molecule has 96 valence electrons. The second kappa shape index (κ2) is 3.82. The molecular formula is C15H20N2O. The van der Waals surface area contributed by atoms with E-state index in [1.165, 1.54) is 0 Å². The van der Waals surface area contributed by atoms with Crippen molar-refractivity contribution < 1.29 is 5.11 Å². The van der Waals surface area contributed by atoms with E-state index in [0.717, 1.165) is 29.7 Å². The summed E-state index contributed by atoms with van der Waals surface area (Å²) < 4.78 is 2.22. The third kappa shape index (κ3) is 1.57. The topological polar surface area (TPSA) is 38.0 Å². The van der Waals surface area contributed by atoms with E-state index < -0.39 is 0 Å². The summed E-state index contributed by atoms with van der Waals surface area (Å²) in [5.74, 6) is 0.998. The molecule has 1 saturated carbocycles. The number of para-hydroxylation sites is 2. The van der Waals surface area contributed by atoms with E-state index in [2.05, 4.69) is 29.5 Å². The lowest BCUT2D eigenvalue weighted by atomic mass is 9.89. The monoisotopic (exact) mass is 244 g/mol. The number of aliphatic hydroxyl groups excluding tert-OH is 1. The fraction of sp³-hybridized carbons (Fsp3) is 0.533. The van der Waals surface area contributed by atoms with Gasteiger partial charge in [0.25, 0.3) is 0 Å². The summed E-state index contributed by atoms with van der Waals surface area (Å²) >= 11 is 0. The van der Waals surface area contributed by atoms with Gasteiger partial charge in [-0.1, -0.05) is 26.0 Å². The average molecular weight is 244 g/mol. The normalized spacial score (nSPS) is 26.9. The van der Waals surface area contributed by atoms with Crippen LogP contribution in [0.3, 0.4) is 0 Å². The zero-order chi connectivity index (χ0) is 12.9. The lowest BCUT2D eigenvalue weighted by molar-refractivity contribution is 0.0503. The Morgan fingerprint density at radius 1 is 1.33 bits per heavy atom. The molecular weight excluding hydrogens is 224 g/mol. The van der Waals surface area contributed by atoms with Crippen LogP contribution in [0.25, 0.3) is 11.0 Å². The van der Waals surface area contributed by atoms with Crippen molar-refractivity contribution in [3.8, 4) is 0 Å². The molecule has 0 bridgehead atoms. The maximum Gasteiger partial charge on any atom is 0.107 e. The Labute approximate surface area is 107 Å². The predicted molar refractivity (Wildman–Crippen MR) is 72.5 cm³/mol. The molecule has 0 aliphatic heterocycles. The Kier molecular flexibility index (Phi) is 2.49. The number of imidazole rings is 1. The van der Waals surface area contributed by atoms with Crippen molar-refractivity contribution in [3.05, 3.63) is 30.1 Å². The summed E-state index contributed by atoms with van der Waals surface area (Å²) in [6.07, 6.45) is 1.79. The van der Waals surface area contributed by atoms with Gasteiger partial charge in [-0.2, -0.15) is 0 Å². The van der Waals surface area contributed by atoms with E-state index in [1.807, 2.05) is 25.1 Å². The van der Waals surface area contributed by atoms with Crippen LogP contribution in [0.4, 0.5) is 0 Å². The summed E-state index contributed by atoms with van der Waals surface area (Å²) in [7, 11) is 0. The van der Waals surface area contributed by atoms with E-state index in [4.69, 9.17) is 0 Å². The van der Waals surface area contributed by atoms with Crippen LogP contribution in [0.2, 0.25) is 0 Å². The lowest BCUT2D eigenvalue weighted by Gasteiger charge is -2.27. The maximum atomic E-state index is 10.5. The average Bonchev–Trinajstić information content (AvgIpc) is 2.78. The van der Waals surface area contributed by atoms with Crippen LogP contribution in [0.5, 0.6) is 0 Å². The molecule has 3 rings (SSSR count). The van der Waals surface area contributed by atoms with Crippen LogP contribution in [-0.4, -0.2) is 20.8 Å². The largest absolute Gasteiger partial charge is 0.390 e. The van der Waals surface area contributed by atoms with Crippen LogP contribution in [0.15, 0.2) is 24.3 Å². The maximum absolute atomic E-state index is 10.5. The highest BCUT2D eigenvalue weighted by molar-refractivity contribution is 5.76. The number of nitrogens with zero attached hydrogens (tertiary/aromatic N) is 2. The third-order valence-electron chi connectivity index (χ3n) is 4.35. The van der Waals surface area contributed by atoms with Crippen molar-refractivity contribution in [2.45, 2.75) is 45.8 Å². The van der Waals surface area contributed by atoms with E-state index in [9.17, 15) is 5.11 Å². The molecule has 1 N–H and O–H groups in total. The third-order valence-corrected chi connectivity index (χ3v) is 4.35. The Morgan fingerprint density at radius 2 is 2.06 bits per heavy atom. The second-order valence-electron chi connectivity index (χ2n) is 6.06. The van der Waals surface area contributed by atoms with E-state index in [-0.39, 0.29) is 17.6 Å². The molecule has 2 aromatic rings. The molecule has 0 saturated heterocycles. The fourth-order valence-corrected chi connectivity index (χ4v) is 3.20. The molecule has 0 radical (unpaired) electrons. The second-order valence-corrected chi connectivity index (χ2v) is 6.06. The van der Waals surface area contributed by atoms with Gasteiger partial charge in [-0.05, 0) is 37.3 Å². The molecule has 1 heterocycles. The molecule has 2 atom stereocenters. The van der Waals surface area contributed by atoms with Crippen LogP contribution in [0, 0.1) is 12.3 Å². The molecule has 1 fully saturated rings. The summed E-state index contributed by atoms with van der Waals surface area (Å²) in [6, 6.07) is 8.33. The zero-order valence-electron chi connectivity index (χ0n) is 11.2. The van der Waals surface area contributed by atoms with Gasteiger partial charge in [0.1, 0.15) is 5.82 Å². The van der Waals surface area contributed by atoms with Crippen molar-refractivity contribution >= 4 is 11.0 Å². The highest BCUT2D eigenvalue weighted by Gasteiger charge is 2.42. The van der Waals surface area contributed by atoms with Gasteiger partial charge in [-0.3, -0.25) is 0 Å². The number of fused-ring (bicyclic) bond motifs is 1. The first-order valence-electron chi connectivity index (χ1n) is 6.62. The summed E-state index contributed by atoms with van der Waals surface area (Å²) in [5, 5.41) is 10.5. The van der Waals surface area contributed by atoms with E-state index in [0.29, 0.717) is 0 Å². The van der Waals surface area contributed by atoms with Gasteiger partial charge in [-0.25, -0.2) is 4.98 Å². The molecule has 1 aliphatic carbocycles. The van der Waals surface area contributed by atoms with Gasteiger partial charge in [-0.15, -0.1) is 0 Å². The molecule has 1 aromatic heterocycles. The van der Waals surface area contributed by atoms with Crippen LogP contribution in [0.1, 0.15) is 38.6 Å². The van der Waals surface area contributed by atoms with Crippen molar-refractivity contribution in [1.82, 2.24) is 9.55 Å². The van der Waals surface area contributed by atoms with Crippen molar-refractivity contribution in [2.75, 3.05) is 0 Å². The minimum atomic E-state index is -0.297. The number of aryl methyl sites for hydroxylation is 1. The Balaban J connectivity index is 2.13. The molecule has 1 aromatic carbocycles. The molecule has 3 heteroatoms. The van der Waals surface area contributed by atoms with E-state index in [1.54, 1.807) is 0 Å². The van der Waals surface area contributed by atoms with Crippen LogP contribution in [-0.2, 0) is 0 Å². The quantitative estimate of drug-likeness (QED) is 0.837. The molecule has 3 nitrogen and oxygen atoms in total. The summed E-state index contributed by atoms with van der Waals surface area (Å²) in [5.41, 5.74) is 2.16. The van der Waals surface area contributed by atoms with Gasteiger partial charge < -0.3 is 9.67 Å². The smallest absolute Gasteiger partial charge is 0.107 e. The number of hydrogen-bond acceptors (Lipinski definition) is 2. The highest BCUT2D eigenvalue weighted by atomic mass is 16.3. The minimum absolute atomic E-state index is 0.00246. The number of benzene rings is 1. The summed E-state index contributed by atoms with van der Waals surface area (Å²) in [4.78, 5) is 4.59. The number of hydrogen-bond donors (Lipinski definition) is 1. The van der Waals surface area contributed by atoms with Gasteiger partial charge in [0.05, 0.1) is 23.2 Å². The van der Waals surface area contributed by atoms with Gasteiger partial charge in [0, 0.05) is 0 Å². The number of aliphatic hydroxyl groups is 1. The molecule has 18 heavy (non-hydrogen) atoms. The van der Waals surface area contributed by atoms with Crippen LogP contribution >= 0.6 is 0 Å². The zero-order valence-corrected chi connectivity index (χ0v) is 11.2. The Bertz CT molecular complexity index is 585. The predicted octanol–water partition coefficient (Wildman–Crippen LogP) is 3.07. The number of aromatic nitrogens is 2. The summed E-state index contributed by atoms with van der Waals surface area (Å²) in [6.45, 7) is 6.32. The Hall–Kier alpha value is -1.35. The molecule has 2 unspecified atom stereocenters. The lowest BCUT2D eigenvalue weighted by Crippen LogP contribution is -2.30. The van der Waals surface area contributed by atoms with Gasteiger partial charge in [0.2, 0.25) is 0 Å².